The van der Waals surface area contributed by atoms with Gasteiger partial charge in [0.25, 0.3) is 0 Å². The van der Waals surface area contributed by atoms with Gasteiger partial charge in [-0.1, -0.05) is 12.2 Å². The van der Waals surface area contributed by atoms with Crippen molar-refractivity contribution in [3.8, 4) is 0 Å². The van der Waals surface area contributed by atoms with Crippen molar-refractivity contribution in [1.29, 1.82) is 0 Å². The summed E-state index contributed by atoms with van der Waals surface area (Å²) in [5, 5.41) is 0. The number of rotatable bonds is 2. The number of nitrogens with two attached hydrogens (primary N) is 1. The lowest BCUT2D eigenvalue weighted by atomic mass is 10.2. The molecule has 0 aromatic heterocycles. The molecule has 0 aromatic carbocycles. The lowest BCUT2D eigenvalue weighted by Gasteiger charge is -2.06. The summed E-state index contributed by atoms with van der Waals surface area (Å²) >= 11 is 0. The molecular weight excluding hydrogens is 88.1 g/mol. The topological polar surface area (TPSA) is 38.0 Å². The Bertz CT molecular complexity index is 68.5. The van der Waals surface area contributed by atoms with E-state index in [1.54, 1.807) is 0 Å². The molecule has 0 saturated heterocycles. The first kappa shape index (κ1) is 6.66. The highest BCUT2D eigenvalue weighted by molar-refractivity contribution is 4.97. The summed E-state index contributed by atoms with van der Waals surface area (Å²) in [6.07, 6.45) is 0. The van der Waals surface area contributed by atoms with Crippen LogP contribution in [0.1, 0.15) is 13.8 Å². The molecule has 0 aromatic rings. The zero-order chi connectivity index (χ0) is 5.86. The molecule has 7 heavy (non-hydrogen) atoms. The largest absolute Gasteiger partial charge is 0.271 e. The van der Waals surface area contributed by atoms with Crippen molar-refractivity contribution >= 4 is 0 Å². The van der Waals surface area contributed by atoms with Gasteiger partial charge in [-0.05, 0) is 13.8 Å². The van der Waals surface area contributed by atoms with Gasteiger partial charge in [-0.2, -0.15) is 0 Å². The van der Waals surface area contributed by atoms with Gasteiger partial charge < -0.3 is 0 Å². The minimum atomic E-state index is 0.236. The average Bonchev–Trinajstić information content (AvgIpc) is 1.65. The van der Waals surface area contributed by atoms with Crippen molar-refractivity contribution in [3.05, 3.63) is 12.2 Å². The molecule has 0 spiro atoms. The summed E-state index contributed by atoms with van der Waals surface area (Å²) < 4.78 is 0. The van der Waals surface area contributed by atoms with Gasteiger partial charge in [0.05, 0.1) is 0 Å². The molecule has 0 aliphatic carbocycles. The van der Waals surface area contributed by atoms with Crippen molar-refractivity contribution in [2.75, 3.05) is 0 Å². The summed E-state index contributed by atoms with van der Waals surface area (Å²) in [7, 11) is 0. The molecule has 0 saturated carbocycles. The Morgan fingerprint density at radius 2 is 2.29 bits per heavy atom. The minimum Gasteiger partial charge on any atom is -0.271 e. The normalized spacial score (nSPS) is 13.6. The van der Waals surface area contributed by atoms with Crippen LogP contribution in [-0.2, 0) is 0 Å². The molecule has 0 aliphatic rings. The van der Waals surface area contributed by atoms with E-state index in [0.717, 1.165) is 5.57 Å². The van der Waals surface area contributed by atoms with Crippen LogP contribution in [0.25, 0.3) is 0 Å². The van der Waals surface area contributed by atoms with Gasteiger partial charge in [-0.25, -0.2) is 0 Å². The molecular formula is C5H12N2. The summed E-state index contributed by atoms with van der Waals surface area (Å²) in [4.78, 5) is 0. The number of hydrazine groups is 1. The second kappa shape index (κ2) is 2.77. The molecule has 2 heteroatoms. The van der Waals surface area contributed by atoms with Gasteiger partial charge in [-0.15, -0.1) is 0 Å². The van der Waals surface area contributed by atoms with E-state index < -0.39 is 0 Å². The van der Waals surface area contributed by atoms with E-state index in [9.17, 15) is 0 Å². The maximum atomic E-state index is 5.06. The summed E-state index contributed by atoms with van der Waals surface area (Å²) in [5.41, 5.74) is 3.62. The Balaban J connectivity index is 3.34. The maximum Gasteiger partial charge on any atom is 0.0386 e. The molecule has 1 unspecified atom stereocenters. The molecule has 2 nitrogen and oxygen atoms in total. The van der Waals surface area contributed by atoms with Crippen LogP contribution < -0.4 is 11.3 Å². The zero-order valence-electron chi connectivity index (χ0n) is 4.86. The fraction of sp³-hybridized carbons (Fsp3) is 0.600. The third-order valence-electron chi connectivity index (χ3n) is 0.989. The van der Waals surface area contributed by atoms with E-state index in [-0.39, 0.29) is 6.04 Å². The van der Waals surface area contributed by atoms with Crippen LogP contribution in [0.5, 0.6) is 0 Å². The molecule has 0 amide bonds. The molecule has 0 fully saturated rings. The lowest BCUT2D eigenvalue weighted by molar-refractivity contribution is 0.641. The van der Waals surface area contributed by atoms with E-state index in [4.69, 9.17) is 5.84 Å². The summed E-state index contributed by atoms with van der Waals surface area (Å²) in [6.45, 7) is 7.58. The number of nitrogens with one attached hydrogen (secondary N) is 1. The van der Waals surface area contributed by atoms with Crippen molar-refractivity contribution < 1.29 is 0 Å². The van der Waals surface area contributed by atoms with Gasteiger partial charge in [0.15, 0.2) is 0 Å². The third-order valence-corrected chi connectivity index (χ3v) is 0.989. The Hall–Kier alpha value is -0.340. The average molecular weight is 100 g/mol. The molecule has 0 heterocycles. The summed E-state index contributed by atoms with van der Waals surface area (Å²) in [5.74, 6) is 5.06. The highest BCUT2D eigenvalue weighted by Crippen LogP contribution is 1.91. The van der Waals surface area contributed by atoms with Gasteiger partial charge in [0, 0.05) is 6.04 Å². The maximum absolute atomic E-state index is 5.06. The second-order valence-electron chi connectivity index (χ2n) is 1.73. The van der Waals surface area contributed by atoms with E-state index in [0.29, 0.717) is 0 Å². The Morgan fingerprint density at radius 3 is 2.29 bits per heavy atom. The van der Waals surface area contributed by atoms with Crippen LogP contribution >= 0.6 is 0 Å². The summed E-state index contributed by atoms with van der Waals surface area (Å²) in [6, 6.07) is 0.236. The van der Waals surface area contributed by atoms with E-state index in [2.05, 4.69) is 12.0 Å². The lowest BCUT2D eigenvalue weighted by Crippen LogP contribution is -2.32. The molecule has 0 radical (unpaired) electrons. The van der Waals surface area contributed by atoms with E-state index in [1.807, 2.05) is 13.8 Å². The van der Waals surface area contributed by atoms with Gasteiger partial charge >= 0.3 is 0 Å². The molecule has 42 valence electrons. The Morgan fingerprint density at radius 1 is 1.86 bits per heavy atom. The van der Waals surface area contributed by atoms with Crippen LogP contribution in [0, 0.1) is 0 Å². The molecule has 3 N–H and O–H groups in total. The van der Waals surface area contributed by atoms with Crippen LogP contribution in [0.15, 0.2) is 12.2 Å². The van der Waals surface area contributed by atoms with Crippen molar-refractivity contribution in [2.24, 2.45) is 5.84 Å². The van der Waals surface area contributed by atoms with Crippen LogP contribution in [0.3, 0.4) is 0 Å². The molecule has 0 aliphatic heterocycles. The second-order valence-corrected chi connectivity index (χ2v) is 1.73. The standard InChI is InChI=1S/C5H12N2/c1-4(2)5(3)7-6/h5,7H,1,6H2,2-3H3. The first-order chi connectivity index (χ1) is 3.18. The molecule has 1 atom stereocenters. The zero-order valence-corrected chi connectivity index (χ0v) is 4.86. The van der Waals surface area contributed by atoms with Crippen molar-refractivity contribution in [3.63, 3.8) is 0 Å². The van der Waals surface area contributed by atoms with Gasteiger partial charge in [0.2, 0.25) is 0 Å². The Labute approximate surface area is 44.4 Å². The van der Waals surface area contributed by atoms with Crippen LogP contribution in [-0.4, -0.2) is 6.04 Å². The predicted molar refractivity (Wildman–Crippen MR) is 31.6 cm³/mol. The molecule has 0 rings (SSSR count). The fourth-order valence-corrected chi connectivity index (χ4v) is 0.142. The quantitative estimate of drug-likeness (QED) is 0.300. The van der Waals surface area contributed by atoms with Crippen molar-refractivity contribution in [2.45, 2.75) is 19.9 Å². The Kier molecular flexibility index (Phi) is 2.64. The highest BCUT2D eigenvalue weighted by Gasteiger charge is 1.93. The van der Waals surface area contributed by atoms with E-state index in [1.165, 1.54) is 0 Å². The minimum absolute atomic E-state index is 0.236. The number of hydrogen-bond acceptors (Lipinski definition) is 2. The third kappa shape index (κ3) is 2.37. The van der Waals surface area contributed by atoms with Gasteiger partial charge in [-0.3, -0.25) is 11.3 Å². The fourth-order valence-electron chi connectivity index (χ4n) is 0.142. The monoisotopic (exact) mass is 100 g/mol. The molecule has 0 bridgehead atoms. The first-order valence-corrected chi connectivity index (χ1v) is 2.30. The highest BCUT2D eigenvalue weighted by atomic mass is 15.2. The van der Waals surface area contributed by atoms with Gasteiger partial charge in [0.1, 0.15) is 0 Å². The van der Waals surface area contributed by atoms with Crippen molar-refractivity contribution in [1.82, 2.24) is 5.43 Å². The van der Waals surface area contributed by atoms with Crippen LogP contribution in [0.2, 0.25) is 0 Å². The van der Waals surface area contributed by atoms with E-state index >= 15 is 0 Å². The predicted octanol–water partition coefficient (Wildman–Crippen LogP) is 0.414. The van der Waals surface area contributed by atoms with Crippen LogP contribution in [0.4, 0.5) is 0 Å². The number of hydrogen-bond donors (Lipinski definition) is 2. The smallest absolute Gasteiger partial charge is 0.0386 e. The first-order valence-electron chi connectivity index (χ1n) is 2.30. The SMILES string of the molecule is C=C(C)C(C)NN.